The van der Waals surface area contributed by atoms with Crippen LogP contribution in [0.5, 0.6) is 0 Å². The summed E-state index contributed by atoms with van der Waals surface area (Å²) in [4.78, 5) is 4.48. The average molecular weight is 295 g/mol. The Labute approximate surface area is 109 Å². The molecule has 0 fully saturated rings. The van der Waals surface area contributed by atoms with Gasteiger partial charge in [0, 0.05) is 16.9 Å². The van der Waals surface area contributed by atoms with Gasteiger partial charge in [-0.3, -0.25) is 4.99 Å². The lowest BCUT2D eigenvalue weighted by Gasteiger charge is -2.31. The summed E-state index contributed by atoms with van der Waals surface area (Å²) in [5.74, 6) is 1.41. The second-order valence-corrected chi connectivity index (χ2v) is 5.41. The van der Waals surface area contributed by atoms with E-state index in [4.69, 9.17) is 4.74 Å². The fraction of sp³-hybridized carbons (Fsp3) is 0.462. The number of ether oxygens (including phenoxy) is 1. The molecule has 0 saturated carbocycles. The van der Waals surface area contributed by atoms with E-state index in [-0.39, 0.29) is 6.10 Å². The molecule has 90 valence electrons. The normalized spacial score (nSPS) is 27.3. The molecule has 0 amide bonds. The number of aliphatic imine (C=N–C) groups is 1. The molecule has 0 saturated heterocycles. The maximum absolute atomic E-state index is 5.94. The van der Waals surface area contributed by atoms with Crippen molar-refractivity contribution in [2.24, 2.45) is 4.99 Å². The Kier molecular flexibility index (Phi) is 2.92. The quantitative estimate of drug-likeness (QED) is 0.864. The SMILES string of the molecule is CC1COC(C2=NCCN2)c2cccc(Br)c21. The number of halogens is 1. The van der Waals surface area contributed by atoms with Gasteiger partial charge in [-0.2, -0.15) is 0 Å². The molecule has 0 radical (unpaired) electrons. The van der Waals surface area contributed by atoms with Gasteiger partial charge in [0.15, 0.2) is 0 Å². The van der Waals surface area contributed by atoms with Crippen LogP contribution in [0.1, 0.15) is 30.1 Å². The Balaban J connectivity index is 2.06. The van der Waals surface area contributed by atoms with Gasteiger partial charge in [0.1, 0.15) is 11.9 Å². The van der Waals surface area contributed by atoms with Gasteiger partial charge in [-0.1, -0.05) is 35.0 Å². The number of nitrogens with one attached hydrogen (secondary N) is 1. The van der Waals surface area contributed by atoms with Crippen LogP contribution in [-0.2, 0) is 4.74 Å². The summed E-state index contributed by atoms with van der Waals surface area (Å²) in [6, 6.07) is 6.30. The summed E-state index contributed by atoms with van der Waals surface area (Å²) in [7, 11) is 0. The number of hydrogen-bond acceptors (Lipinski definition) is 3. The molecular weight excluding hydrogens is 280 g/mol. The number of rotatable bonds is 1. The molecule has 2 atom stereocenters. The fourth-order valence-corrected chi connectivity index (χ4v) is 3.31. The van der Waals surface area contributed by atoms with E-state index in [1.54, 1.807) is 0 Å². The second-order valence-electron chi connectivity index (χ2n) is 4.55. The van der Waals surface area contributed by atoms with Gasteiger partial charge in [0.2, 0.25) is 0 Å². The number of fused-ring (bicyclic) bond motifs is 1. The average Bonchev–Trinajstić information content (AvgIpc) is 2.83. The lowest BCUT2D eigenvalue weighted by molar-refractivity contribution is 0.0717. The van der Waals surface area contributed by atoms with E-state index in [0.29, 0.717) is 5.92 Å². The lowest BCUT2D eigenvalue weighted by Crippen LogP contribution is -2.32. The Morgan fingerprint density at radius 3 is 3.12 bits per heavy atom. The number of benzene rings is 1. The maximum atomic E-state index is 5.94. The molecule has 17 heavy (non-hydrogen) atoms. The number of hydrogen-bond donors (Lipinski definition) is 1. The first kappa shape index (κ1) is 11.2. The minimum Gasteiger partial charge on any atom is -0.369 e. The third kappa shape index (κ3) is 1.89. The van der Waals surface area contributed by atoms with Crippen LogP contribution in [0.4, 0.5) is 0 Å². The minimum absolute atomic E-state index is 0.0128. The van der Waals surface area contributed by atoms with Crippen molar-refractivity contribution in [1.29, 1.82) is 0 Å². The highest BCUT2D eigenvalue weighted by molar-refractivity contribution is 9.10. The monoisotopic (exact) mass is 294 g/mol. The number of amidine groups is 1. The van der Waals surface area contributed by atoms with Gasteiger partial charge in [0.05, 0.1) is 13.2 Å². The van der Waals surface area contributed by atoms with E-state index in [2.05, 4.69) is 51.4 Å². The molecular formula is C13H15BrN2O. The summed E-state index contributed by atoms with van der Waals surface area (Å²) in [6.45, 7) is 4.73. The van der Waals surface area contributed by atoms with E-state index in [1.165, 1.54) is 15.6 Å². The first-order valence-corrected chi connectivity index (χ1v) is 6.75. The molecule has 2 aliphatic heterocycles. The summed E-state index contributed by atoms with van der Waals surface area (Å²) in [5.41, 5.74) is 2.60. The molecule has 4 heteroatoms. The van der Waals surface area contributed by atoms with E-state index in [0.717, 1.165) is 25.5 Å². The highest BCUT2D eigenvalue weighted by Gasteiger charge is 2.31. The fourth-order valence-electron chi connectivity index (χ4n) is 2.53. The predicted molar refractivity (Wildman–Crippen MR) is 71.6 cm³/mol. The van der Waals surface area contributed by atoms with Gasteiger partial charge in [-0.05, 0) is 17.2 Å². The maximum Gasteiger partial charge on any atom is 0.140 e. The van der Waals surface area contributed by atoms with Crippen LogP contribution in [0.15, 0.2) is 27.7 Å². The van der Waals surface area contributed by atoms with Crippen molar-refractivity contribution in [2.45, 2.75) is 18.9 Å². The zero-order valence-corrected chi connectivity index (χ0v) is 11.3. The molecule has 1 aromatic rings. The van der Waals surface area contributed by atoms with Gasteiger partial charge in [0.25, 0.3) is 0 Å². The van der Waals surface area contributed by atoms with Crippen molar-refractivity contribution in [3.8, 4) is 0 Å². The molecule has 2 unspecified atom stereocenters. The molecule has 0 aromatic heterocycles. The van der Waals surface area contributed by atoms with E-state index in [9.17, 15) is 0 Å². The molecule has 1 aromatic carbocycles. The van der Waals surface area contributed by atoms with E-state index < -0.39 is 0 Å². The first-order chi connectivity index (χ1) is 8.27. The smallest absolute Gasteiger partial charge is 0.140 e. The van der Waals surface area contributed by atoms with Crippen molar-refractivity contribution in [2.75, 3.05) is 19.7 Å². The Morgan fingerprint density at radius 1 is 1.47 bits per heavy atom. The molecule has 1 N–H and O–H groups in total. The summed E-state index contributed by atoms with van der Waals surface area (Å²) in [6.07, 6.45) is -0.0128. The van der Waals surface area contributed by atoms with Crippen LogP contribution in [0.25, 0.3) is 0 Å². The summed E-state index contributed by atoms with van der Waals surface area (Å²) in [5, 5.41) is 3.31. The highest BCUT2D eigenvalue weighted by Crippen LogP contribution is 2.38. The van der Waals surface area contributed by atoms with Gasteiger partial charge in [-0.25, -0.2) is 0 Å². The second kappa shape index (κ2) is 4.42. The van der Waals surface area contributed by atoms with Crippen LogP contribution in [0.3, 0.4) is 0 Å². The third-order valence-electron chi connectivity index (χ3n) is 3.32. The Bertz CT molecular complexity index is 472. The largest absolute Gasteiger partial charge is 0.369 e. The van der Waals surface area contributed by atoms with Crippen LogP contribution in [0, 0.1) is 0 Å². The molecule has 2 aliphatic rings. The van der Waals surface area contributed by atoms with Crippen molar-refractivity contribution < 1.29 is 4.74 Å². The zero-order chi connectivity index (χ0) is 11.8. The molecule has 3 rings (SSSR count). The van der Waals surface area contributed by atoms with E-state index >= 15 is 0 Å². The molecule has 0 bridgehead atoms. The van der Waals surface area contributed by atoms with Gasteiger partial charge in [-0.15, -0.1) is 0 Å². The standard InChI is InChI=1S/C13H15BrN2O/c1-8-7-17-12(13-15-5-6-16-13)9-3-2-4-10(14)11(8)9/h2-4,8,12H,5-7H2,1H3,(H,15,16). The third-order valence-corrected chi connectivity index (χ3v) is 4.01. The van der Waals surface area contributed by atoms with Crippen molar-refractivity contribution in [1.82, 2.24) is 5.32 Å². The van der Waals surface area contributed by atoms with Crippen LogP contribution in [-0.4, -0.2) is 25.5 Å². The Morgan fingerprint density at radius 2 is 2.35 bits per heavy atom. The first-order valence-electron chi connectivity index (χ1n) is 5.95. The van der Waals surface area contributed by atoms with Crippen molar-refractivity contribution >= 4 is 21.8 Å². The highest BCUT2D eigenvalue weighted by atomic mass is 79.9. The topological polar surface area (TPSA) is 33.6 Å². The lowest BCUT2D eigenvalue weighted by atomic mass is 9.90. The molecule has 3 nitrogen and oxygen atoms in total. The van der Waals surface area contributed by atoms with E-state index in [1.807, 2.05) is 0 Å². The van der Waals surface area contributed by atoms with Crippen molar-refractivity contribution in [3.63, 3.8) is 0 Å². The predicted octanol–water partition coefficient (Wildman–Crippen LogP) is 2.63. The van der Waals surface area contributed by atoms with Crippen LogP contribution in [0.2, 0.25) is 0 Å². The Hall–Kier alpha value is -0.870. The zero-order valence-electron chi connectivity index (χ0n) is 9.74. The molecule has 2 heterocycles. The van der Waals surface area contributed by atoms with Gasteiger partial charge < -0.3 is 10.1 Å². The minimum atomic E-state index is -0.0128. The summed E-state index contributed by atoms with van der Waals surface area (Å²) < 4.78 is 7.12. The molecule has 0 aliphatic carbocycles. The van der Waals surface area contributed by atoms with Crippen molar-refractivity contribution in [3.05, 3.63) is 33.8 Å². The van der Waals surface area contributed by atoms with Crippen LogP contribution < -0.4 is 5.32 Å². The van der Waals surface area contributed by atoms with Crippen LogP contribution >= 0.6 is 15.9 Å². The summed E-state index contributed by atoms with van der Waals surface area (Å²) >= 11 is 3.64. The van der Waals surface area contributed by atoms with Gasteiger partial charge >= 0.3 is 0 Å². The number of nitrogens with zero attached hydrogens (tertiary/aromatic N) is 1. The molecule has 0 spiro atoms.